The first-order valence-electron chi connectivity index (χ1n) is 4.47. The lowest BCUT2D eigenvalue weighted by Gasteiger charge is -2.17. The molecule has 0 aliphatic rings. The molecule has 0 bridgehead atoms. The topological polar surface area (TPSA) is 18.5 Å². The van der Waals surface area contributed by atoms with E-state index < -0.39 is 0 Å². The van der Waals surface area contributed by atoms with E-state index in [1.54, 1.807) is 0 Å². The molecule has 0 aliphatic heterocycles. The van der Waals surface area contributed by atoms with Crippen LogP contribution in [0.2, 0.25) is 0 Å². The summed E-state index contributed by atoms with van der Waals surface area (Å²) in [5.74, 6) is 0. The summed E-state index contributed by atoms with van der Waals surface area (Å²) in [6.07, 6.45) is 2.35. The van der Waals surface area contributed by atoms with Crippen molar-refractivity contribution in [1.29, 1.82) is 0 Å². The van der Waals surface area contributed by atoms with Gasteiger partial charge in [0.1, 0.15) is 0 Å². The van der Waals surface area contributed by atoms with Crippen LogP contribution in [-0.4, -0.2) is 19.0 Å². The fourth-order valence-corrected chi connectivity index (χ4v) is 0.746. The lowest BCUT2D eigenvalue weighted by atomic mass is 10.3. The third-order valence-electron chi connectivity index (χ3n) is 1.56. The molecule has 0 amide bonds. The van der Waals surface area contributed by atoms with Gasteiger partial charge >= 0.3 is 0 Å². The molecule has 0 aliphatic carbocycles. The Morgan fingerprint density at radius 1 is 1.18 bits per heavy atom. The van der Waals surface area contributed by atoms with E-state index in [9.17, 15) is 0 Å². The fourth-order valence-electron chi connectivity index (χ4n) is 0.746. The second kappa shape index (κ2) is 6.62. The Labute approximate surface area is 69.9 Å². The fraction of sp³-hybridized carbons (Fsp3) is 1.00. The maximum Gasteiger partial charge on any atom is 0.155 e. The molecule has 0 aromatic carbocycles. The van der Waals surface area contributed by atoms with Gasteiger partial charge in [-0.25, -0.2) is 0 Å². The van der Waals surface area contributed by atoms with Gasteiger partial charge < -0.3 is 9.47 Å². The van der Waals surface area contributed by atoms with Gasteiger partial charge in [0.25, 0.3) is 0 Å². The van der Waals surface area contributed by atoms with Gasteiger partial charge in [0.05, 0.1) is 6.10 Å². The van der Waals surface area contributed by atoms with Crippen LogP contribution in [0.25, 0.3) is 0 Å². The third-order valence-corrected chi connectivity index (χ3v) is 1.56. The molecule has 68 valence electrons. The quantitative estimate of drug-likeness (QED) is 0.556. The van der Waals surface area contributed by atoms with Crippen LogP contribution in [0.15, 0.2) is 0 Å². The minimum Gasteiger partial charge on any atom is -0.353 e. The van der Waals surface area contributed by atoms with Gasteiger partial charge in [-0.1, -0.05) is 13.8 Å². The lowest BCUT2D eigenvalue weighted by Crippen LogP contribution is -2.19. The van der Waals surface area contributed by atoms with Crippen molar-refractivity contribution in [3.8, 4) is 0 Å². The molecule has 0 saturated heterocycles. The molecular formula is C9H20O2. The maximum atomic E-state index is 5.48. The Morgan fingerprint density at radius 2 is 1.82 bits per heavy atom. The van der Waals surface area contributed by atoms with Gasteiger partial charge in [0, 0.05) is 6.61 Å². The molecule has 0 radical (unpaired) electrons. The molecule has 0 aromatic heterocycles. The second-order valence-corrected chi connectivity index (χ2v) is 2.79. The van der Waals surface area contributed by atoms with Crippen LogP contribution in [0.4, 0.5) is 0 Å². The van der Waals surface area contributed by atoms with Gasteiger partial charge in [-0.3, -0.25) is 0 Å². The van der Waals surface area contributed by atoms with Crippen molar-refractivity contribution in [2.45, 2.75) is 52.9 Å². The van der Waals surface area contributed by atoms with E-state index in [0.717, 1.165) is 19.4 Å². The van der Waals surface area contributed by atoms with Crippen LogP contribution >= 0.6 is 0 Å². The van der Waals surface area contributed by atoms with Gasteiger partial charge in [-0.05, 0) is 26.7 Å². The first-order chi connectivity index (χ1) is 5.20. The monoisotopic (exact) mass is 160 g/mol. The SMILES string of the molecule is CCCOC(C)OC(C)CC. The smallest absolute Gasteiger partial charge is 0.155 e. The zero-order valence-electron chi connectivity index (χ0n) is 8.09. The zero-order valence-corrected chi connectivity index (χ0v) is 8.09. The van der Waals surface area contributed by atoms with Gasteiger partial charge in [0.2, 0.25) is 0 Å². The average Bonchev–Trinajstić information content (AvgIpc) is 2.00. The Hall–Kier alpha value is -0.0800. The third kappa shape index (κ3) is 6.32. The molecular weight excluding hydrogens is 140 g/mol. The number of hydrogen-bond acceptors (Lipinski definition) is 2. The molecule has 0 N–H and O–H groups in total. The Balaban J connectivity index is 3.27. The summed E-state index contributed by atoms with van der Waals surface area (Å²) in [4.78, 5) is 0. The van der Waals surface area contributed by atoms with Crippen LogP contribution in [-0.2, 0) is 9.47 Å². The van der Waals surface area contributed by atoms with Gasteiger partial charge in [0.15, 0.2) is 6.29 Å². The van der Waals surface area contributed by atoms with E-state index in [0.29, 0.717) is 6.10 Å². The first-order valence-corrected chi connectivity index (χ1v) is 4.47. The van der Waals surface area contributed by atoms with Crippen LogP contribution in [0.3, 0.4) is 0 Å². The largest absolute Gasteiger partial charge is 0.353 e. The maximum absolute atomic E-state index is 5.48. The van der Waals surface area contributed by atoms with Crippen LogP contribution in [0, 0.1) is 0 Å². The number of rotatable bonds is 6. The van der Waals surface area contributed by atoms with Crippen molar-refractivity contribution in [1.82, 2.24) is 0 Å². The molecule has 11 heavy (non-hydrogen) atoms. The lowest BCUT2D eigenvalue weighted by molar-refractivity contribution is -0.155. The molecule has 2 heteroatoms. The normalized spacial score (nSPS) is 16.4. The summed E-state index contributed by atoms with van der Waals surface area (Å²) in [6, 6.07) is 0. The molecule has 0 rings (SSSR count). The molecule has 0 spiro atoms. The number of hydrogen-bond donors (Lipinski definition) is 0. The average molecular weight is 160 g/mol. The number of ether oxygens (including phenoxy) is 2. The Bertz CT molecular complexity index is 83.6. The predicted octanol–water partition coefficient (Wildman–Crippen LogP) is 2.57. The summed E-state index contributed by atoms with van der Waals surface area (Å²) < 4.78 is 10.8. The second-order valence-electron chi connectivity index (χ2n) is 2.79. The highest BCUT2D eigenvalue weighted by Crippen LogP contribution is 2.02. The summed E-state index contributed by atoms with van der Waals surface area (Å²) >= 11 is 0. The van der Waals surface area contributed by atoms with Crippen molar-refractivity contribution in [2.75, 3.05) is 6.61 Å². The molecule has 0 aromatic rings. The van der Waals surface area contributed by atoms with Crippen molar-refractivity contribution in [3.63, 3.8) is 0 Å². The minimum atomic E-state index is -0.0510. The Kier molecular flexibility index (Phi) is 6.57. The summed E-state index contributed by atoms with van der Waals surface area (Å²) in [5.41, 5.74) is 0. The van der Waals surface area contributed by atoms with E-state index >= 15 is 0 Å². The zero-order chi connectivity index (χ0) is 8.69. The highest BCUT2D eigenvalue weighted by molar-refractivity contribution is 4.45. The van der Waals surface area contributed by atoms with Gasteiger partial charge in [-0.15, -0.1) is 0 Å². The van der Waals surface area contributed by atoms with E-state index in [4.69, 9.17) is 9.47 Å². The highest BCUT2D eigenvalue weighted by atomic mass is 16.7. The summed E-state index contributed by atoms with van der Waals surface area (Å²) in [7, 11) is 0. The highest BCUT2D eigenvalue weighted by Gasteiger charge is 2.05. The molecule has 0 fully saturated rings. The van der Waals surface area contributed by atoms with E-state index in [-0.39, 0.29) is 6.29 Å². The van der Waals surface area contributed by atoms with E-state index in [2.05, 4.69) is 20.8 Å². The van der Waals surface area contributed by atoms with E-state index in [1.165, 1.54) is 0 Å². The molecule has 0 saturated carbocycles. The van der Waals surface area contributed by atoms with E-state index in [1.807, 2.05) is 6.92 Å². The van der Waals surface area contributed by atoms with Crippen molar-refractivity contribution in [2.24, 2.45) is 0 Å². The first kappa shape index (κ1) is 10.9. The van der Waals surface area contributed by atoms with Crippen molar-refractivity contribution >= 4 is 0 Å². The van der Waals surface area contributed by atoms with Crippen LogP contribution in [0.1, 0.15) is 40.5 Å². The molecule has 2 nitrogen and oxygen atoms in total. The van der Waals surface area contributed by atoms with Crippen molar-refractivity contribution < 1.29 is 9.47 Å². The summed E-state index contributed by atoms with van der Waals surface area (Å²) in [5, 5.41) is 0. The van der Waals surface area contributed by atoms with Crippen LogP contribution < -0.4 is 0 Å². The Morgan fingerprint density at radius 3 is 2.27 bits per heavy atom. The van der Waals surface area contributed by atoms with Crippen LogP contribution in [0.5, 0.6) is 0 Å². The molecule has 2 unspecified atom stereocenters. The predicted molar refractivity (Wildman–Crippen MR) is 46.5 cm³/mol. The summed E-state index contributed by atoms with van der Waals surface area (Å²) in [6.45, 7) is 9.00. The molecule has 2 atom stereocenters. The standard InChI is InChI=1S/C9H20O2/c1-5-7-10-9(4)11-8(3)6-2/h8-9H,5-7H2,1-4H3. The van der Waals surface area contributed by atoms with Crippen molar-refractivity contribution in [3.05, 3.63) is 0 Å². The minimum absolute atomic E-state index is 0.0510. The van der Waals surface area contributed by atoms with Gasteiger partial charge in [-0.2, -0.15) is 0 Å². The molecule has 0 heterocycles.